The second-order valence-electron chi connectivity index (χ2n) is 6.97. The van der Waals surface area contributed by atoms with Crippen LogP contribution >= 0.6 is 0 Å². The monoisotopic (exact) mass is 286 g/mol. The quantitative estimate of drug-likeness (QED) is 0.781. The molecule has 0 atom stereocenters. The second kappa shape index (κ2) is 5.62. The van der Waals surface area contributed by atoms with Crippen molar-refractivity contribution in [2.24, 2.45) is 0 Å². The molecular weight excluding hydrogens is 259 g/mol. The maximum atomic E-state index is 6.14. The Morgan fingerprint density at radius 1 is 1.00 bits per heavy atom. The zero-order valence-electron chi connectivity index (χ0n) is 14.4. The molecule has 2 rings (SSSR count). The fourth-order valence-electron chi connectivity index (χ4n) is 2.62. The lowest BCUT2D eigenvalue weighted by Gasteiger charge is -2.32. The van der Waals surface area contributed by atoms with Crippen molar-refractivity contribution in [2.75, 3.05) is 0 Å². The standard InChI is InChI=1S/C18H27BO2/c1-8-9-10-16-13(2)11-15(12-14(16)3)19-20-17(4,5)18(6,7)21-19/h9-12H,8H2,1-7H3/b10-9+. The third kappa shape index (κ3) is 3.09. The molecule has 1 heterocycles. The molecule has 1 aliphatic rings. The van der Waals surface area contributed by atoms with Gasteiger partial charge in [-0.05, 0) is 70.1 Å². The van der Waals surface area contributed by atoms with Crippen LogP contribution in [0, 0.1) is 13.8 Å². The smallest absolute Gasteiger partial charge is 0.399 e. The fourth-order valence-corrected chi connectivity index (χ4v) is 2.62. The Kier molecular flexibility index (Phi) is 4.37. The van der Waals surface area contributed by atoms with Crippen molar-refractivity contribution in [3.05, 3.63) is 34.9 Å². The molecule has 1 aromatic carbocycles. The zero-order valence-corrected chi connectivity index (χ0v) is 14.4. The number of allylic oxidation sites excluding steroid dienone is 1. The number of rotatable bonds is 3. The van der Waals surface area contributed by atoms with E-state index in [2.05, 4.69) is 72.8 Å². The molecule has 1 aromatic rings. The summed E-state index contributed by atoms with van der Waals surface area (Å²) in [4.78, 5) is 0. The summed E-state index contributed by atoms with van der Waals surface area (Å²) in [5.74, 6) is 0. The van der Waals surface area contributed by atoms with Gasteiger partial charge in [0.2, 0.25) is 0 Å². The van der Waals surface area contributed by atoms with Gasteiger partial charge in [-0.1, -0.05) is 31.2 Å². The maximum Gasteiger partial charge on any atom is 0.494 e. The molecule has 3 heteroatoms. The third-order valence-corrected chi connectivity index (χ3v) is 4.66. The molecule has 0 spiro atoms. The van der Waals surface area contributed by atoms with E-state index < -0.39 is 0 Å². The van der Waals surface area contributed by atoms with Gasteiger partial charge in [-0.25, -0.2) is 0 Å². The summed E-state index contributed by atoms with van der Waals surface area (Å²) in [7, 11) is -0.281. The van der Waals surface area contributed by atoms with E-state index in [-0.39, 0.29) is 18.3 Å². The lowest BCUT2D eigenvalue weighted by molar-refractivity contribution is 0.00578. The van der Waals surface area contributed by atoms with Crippen LogP contribution in [0.2, 0.25) is 0 Å². The number of hydrogen-bond acceptors (Lipinski definition) is 2. The van der Waals surface area contributed by atoms with Crippen molar-refractivity contribution < 1.29 is 9.31 Å². The van der Waals surface area contributed by atoms with Gasteiger partial charge in [0.15, 0.2) is 0 Å². The van der Waals surface area contributed by atoms with E-state index in [0.717, 1.165) is 11.9 Å². The SMILES string of the molecule is CC/C=C/c1c(C)cc(B2OC(C)(C)C(C)(C)O2)cc1C. The Morgan fingerprint density at radius 3 is 1.90 bits per heavy atom. The highest BCUT2D eigenvalue weighted by atomic mass is 16.7. The van der Waals surface area contributed by atoms with Crippen LogP contribution in [0.1, 0.15) is 57.7 Å². The average molecular weight is 286 g/mol. The summed E-state index contributed by atoms with van der Waals surface area (Å²) >= 11 is 0. The fraction of sp³-hybridized carbons (Fsp3) is 0.556. The van der Waals surface area contributed by atoms with Crippen LogP contribution < -0.4 is 5.46 Å². The maximum absolute atomic E-state index is 6.14. The van der Waals surface area contributed by atoms with Crippen LogP contribution in [0.5, 0.6) is 0 Å². The molecule has 0 saturated carbocycles. The van der Waals surface area contributed by atoms with Crippen LogP contribution in [0.15, 0.2) is 18.2 Å². The molecule has 0 unspecified atom stereocenters. The first-order valence-corrected chi connectivity index (χ1v) is 7.81. The van der Waals surface area contributed by atoms with Gasteiger partial charge in [0.1, 0.15) is 0 Å². The van der Waals surface area contributed by atoms with Crippen LogP contribution in [-0.4, -0.2) is 18.3 Å². The summed E-state index contributed by atoms with van der Waals surface area (Å²) in [5.41, 5.74) is 4.36. The van der Waals surface area contributed by atoms with Crippen molar-refractivity contribution in [3.63, 3.8) is 0 Å². The Labute approximate surface area is 129 Å². The van der Waals surface area contributed by atoms with Gasteiger partial charge in [0, 0.05) is 0 Å². The first-order chi connectivity index (χ1) is 9.68. The van der Waals surface area contributed by atoms with E-state index in [1.807, 2.05) is 0 Å². The Morgan fingerprint density at radius 2 is 1.48 bits per heavy atom. The van der Waals surface area contributed by atoms with Crippen molar-refractivity contribution in [3.8, 4) is 0 Å². The normalized spacial score (nSPS) is 20.4. The van der Waals surface area contributed by atoms with Gasteiger partial charge in [-0.15, -0.1) is 0 Å². The van der Waals surface area contributed by atoms with Crippen LogP contribution in [-0.2, 0) is 9.31 Å². The molecule has 0 amide bonds. The zero-order chi connectivity index (χ0) is 15.8. The molecule has 0 N–H and O–H groups in total. The molecule has 21 heavy (non-hydrogen) atoms. The third-order valence-electron chi connectivity index (χ3n) is 4.66. The molecule has 0 bridgehead atoms. The van der Waals surface area contributed by atoms with Gasteiger partial charge >= 0.3 is 7.12 Å². The van der Waals surface area contributed by atoms with Gasteiger partial charge in [0.25, 0.3) is 0 Å². The molecule has 1 fully saturated rings. The Bertz CT molecular complexity index is 519. The van der Waals surface area contributed by atoms with E-state index in [1.165, 1.54) is 16.7 Å². The van der Waals surface area contributed by atoms with Gasteiger partial charge in [0.05, 0.1) is 11.2 Å². The van der Waals surface area contributed by atoms with Crippen LogP contribution in [0.25, 0.3) is 6.08 Å². The minimum absolute atomic E-state index is 0.281. The second-order valence-corrected chi connectivity index (χ2v) is 6.97. The number of hydrogen-bond donors (Lipinski definition) is 0. The lowest BCUT2D eigenvalue weighted by Crippen LogP contribution is -2.41. The summed E-state index contributed by atoms with van der Waals surface area (Å²) in [5, 5.41) is 0. The topological polar surface area (TPSA) is 18.5 Å². The number of benzene rings is 1. The summed E-state index contributed by atoms with van der Waals surface area (Å²) in [6, 6.07) is 4.37. The molecule has 114 valence electrons. The van der Waals surface area contributed by atoms with E-state index >= 15 is 0 Å². The van der Waals surface area contributed by atoms with Gasteiger partial charge in [-0.3, -0.25) is 0 Å². The largest absolute Gasteiger partial charge is 0.494 e. The highest BCUT2D eigenvalue weighted by molar-refractivity contribution is 6.62. The highest BCUT2D eigenvalue weighted by Gasteiger charge is 2.51. The van der Waals surface area contributed by atoms with E-state index in [9.17, 15) is 0 Å². The molecule has 0 aliphatic carbocycles. The summed E-state index contributed by atoms with van der Waals surface area (Å²) in [6.07, 6.45) is 5.46. The minimum Gasteiger partial charge on any atom is -0.399 e. The minimum atomic E-state index is -0.291. The lowest BCUT2D eigenvalue weighted by atomic mass is 9.76. The average Bonchev–Trinajstić information content (AvgIpc) is 2.57. The van der Waals surface area contributed by atoms with Gasteiger partial charge < -0.3 is 9.31 Å². The summed E-state index contributed by atoms with van der Waals surface area (Å²) in [6.45, 7) is 14.8. The summed E-state index contributed by atoms with van der Waals surface area (Å²) < 4.78 is 12.3. The first-order valence-electron chi connectivity index (χ1n) is 7.81. The Hall–Kier alpha value is -1.06. The molecule has 0 radical (unpaired) electrons. The van der Waals surface area contributed by atoms with Gasteiger partial charge in [-0.2, -0.15) is 0 Å². The van der Waals surface area contributed by atoms with E-state index in [4.69, 9.17) is 9.31 Å². The molecular formula is C18H27BO2. The van der Waals surface area contributed by atoms with E-state index in [0.29, 0.717) is 0 Å². The predicted molar refractivity (Wildman–Crippen MR) is 91.0 cm³/mol. The van der Waals surface area contributed by atoms with Crippen molar-refractivity contribution in [2.45, 2.75) is 66.1 Å². The Balaban J connectivity index is 2.33. The van der Waals surface area contributed by atoms with Crippen LogP contribution in [0.3, 0.4) is 0 Å². The molecule has 1 saturated heterocycles. The predicted octanol–water partition coefficient (Wildman–Crippen LogP) is 4.03. The molecule has 1 aliphatic heterocycles. The van der Waals surface area contributed by atoms with Crippen molar-refractivity contribution in [1.82, 2.24) is 0 Å². The van der Waals surface area contributed by atoms with E-state index in [1.54, 1.807) is 0 Å². The molecule has 2 nitrogen and oxygen atoms in total. The highest BCUT2D eigenvalue weighted by Crippen LogP contribution is 2.36. The van der Waals surface area contributed by atoms with Crippen molar-refractivity contribution in [1.29, 1.82) is 0 Å². The van der Waals surface area contributed by atoms with Crippen molar-refractivity contribution >= 4 is 18.7 Å². The molecule has 0 aromatic heterocycles. The first kappa shape index (κ1) is 16.3. The van der Waals surface area contributed by atoms with Crippen LogP contribution in [0.4, 0.5) is 0 Å². The number of aryl methyl sites for hydroxylation is 2.